The normalized spacial score (nSPS) is 18.0. The fraction of sp³-hybridized carbons (Fsp3) is 0.360. The average Bonchev–Trinajstić information content (AvgIpc) is 3.26. The van der Waals surface area contributed by atoms with Gasteiger partial charge in [-0.1, -0.05) is 23.2 Å². The first-order chi connectivity index (χ1) is 17.0. The zero-order valence-electron chi connectivity index (χ0n) is 19.2. The summed E-state index contributed by atoms with van der Waals surface area (Å²) in [5.74, 6) is 4.02. The number of fused-ring (bicyclic) bond motifs is 1. The number of benzene rings is 1. The Morgan fingerprint density at radius 1 is 1.11 bits per heavy atom. The van der Waals surface area contributed by atoms with Crippen molar-refractivity contribution in [3.8, 4) is 17.0 Å². The van der Waals surface area contributed by atoms with Gasteiger partial charge in [-0.25, -0.2) is 9.97 Å². The van der Waals surface area contributed by atoms with Crippen LogP contribution in [0.25, 0.3) is 22.2 Å². The molecule has 2 fully saturated rings. The van der Waals surface area contributed by atoms with Crippen molar-refractivity contribution in [3.05, 3.63) is 58.6 Å². The van der Waals surface area contributed by atoms with Gasteiger partial charge >= 0.3 is 0 Å². The fourth-order valence-corrected chi connectivity index (χ4v) is 6.96. The van der Waals surface area contributed by atoms with Gasteiger partial charge in [-0.15, -0.1) is 0 Å². The molecule has 3 aromatic heterocycles. The number of pyridine rings is 1. The molecule has 6 rings (SSSR count). The summed E-state index contributed by atoms with van der Waals surface area (Å²) in [4.78, 5) is 15.6. The second kappa shape index (κ2) is 9.15. The van der Waals surface area contributed by atoms with Crippen LogP contribution in [0.15, 0.2) is 43.0 Å². The lowest BCUT2D eigenvalue weighted by atomic mass is 9.78. The van der Waals surface area contributed by atoms with Gasteiger partial charge in [-0.05, 0) is 43.7 Å². The zero-order chi connectivity index (χ0) is 24.0. The number of rotatable bonds is 5. The van der Waals surface area contributed by atoms with Crippen LogP contribution >= 0.6 is 35.0 Å². The zero-order valence-corrected chi connectivity index (χ0v) is 21.5. The van der Waals surface area contributed by atoms with Gasteiger partial charge in [0.15, 0.2) is 0 Å². The predicted octanol–water partition coefficient (Wildman–Crippen LogP) is 6.20. The van der Waals surface area contributed by atoms with E-state index in [-0.39, 0.29) is 6.10 Å². The summed E-state index contributed by atoms with van der Waals surface area (Å²) in [5.41, 5.74) is 3.71. The highest BCUT2D eigenvalue weighted by Crippen LogP contribution is 2.43. The van der Waals surface area contributed by atoms with Crippen LogP contribution in [0.3, 0.4) is 0 Å². The lowest BCUT2D eigenvalue weighted by Crippen LogP contribution is -2.59. The molecule has 7 nitrogen and oxygen atoms in total. The van der Waals surface area contributed by atoms with Gasteiger partial charge in [0.05, 0.1) is 15.6 Å². The molecule has 0 unspecified atom stereocenters. The summed E-state index contributed by atoms with van der Waals surface area (Å²) in [5, 5.41) is 9.49. The molecule has 0 radical (unpaired) electrons. The molecular formula is C25H24Cl2N6OS. The maximum atomic E-state index is 6.31. The van der Waals surface area contributed by atoms with Gasteiger partial charge in [-0.3, -0.25) is 10.1 Å². The lowest BCUT2D eigenvalue weighted by Gasteiger charge is -2.52. The van der Waals surface area contributed by atoms with Gasteiger partial charge in [-0.2, -0.15) is 16.9 Å². The van der Waals surface area contributed by atoms with E-state index in [1.54, 1.807) is 12.4 Å². The van der Waals surface area contributed by atoms with Crippen molar-refractivity contribution in [1.82, 2.24) is 25.1 Å². The monoisotopic (exact) mass is 526 g/mol. The number of anilines is 1. The van der Waals surface area contributed by atoms with E-state index in [0.717, 1.165) is 41.2 Å². The number of aromatic amines is 1. The Bertz CT molecular complexity index is 1340. The third-order valence-electron chi connectivity index (χ3n) is 6.80. The number of nitrogens with zero attached hydrogens (tertiary/aromatic N) is 5. The van der Waals surface area contributed by atoms with E-state index in [1.165, 1.54) is 24.3 Å². The van der Waals surface area contributed by atoms with Crippen molar-refractivity contribution < 1.29 is 4.74 Å². The number of thioether (sulfide) groups is 1. The topological polar surface area (TPSA) is 79.8 Å². The van der Waals surface area contributed by atoms with E-state index < -0.39 is 0 Å². The van der Waals surface area contributed by atoms with Crippen molar-refractivity contribution in [2.45, 2.75) is 25.9 Å². The smallest absolute Gasteiger partial charge is 0.225 e. The highest BCUT2D eigenvalue weighted by molar-refractivity contribution is 7.99. The highest BCUT2D eigenvalue weighted by Gasteiger charge is 2.44. The van der Waals surface area contributed by atoms with Gasteiger partial charge < -0.3 is 9.64 Å². The number of nitrogens with one attached hydrogen (secondary N) is 1. The van der Waals surface area contributed by atoms with Crippen LogP contribution < -0.4 is 9.64 Å². The first-order valence-electron chi connectivity index (χ1n) is 11.6. The molecule has 1 spiro atoms. The molecule has 1 atom stereocenters. The van der Waals surface area contributed by atoms with Crippen molar-refractivity contribution in [2.24, 2.45) is 5.41 Å². The van der Waals surface area contributed by atoms with Crippen molar-refractivity contribution in [3.63, 3.8) is 0 Å². The molecule has 1 N–H and O–H groups in total. The van der Waals surface area contributed by atoms with Crippen molar-refractivity contribution >= 4 is 51.8 Å². The number of hydrogen-bond donors (Lipinski definition) is 1. The van der Waals surface area contributed by atoms with E-state index in [0.29, 0.717) is 26.8 Å². The largest absolute Gasteiger partial charge is 0.486 e. The Morgan fingerprint density at radius 3 is 2.60 bits per heavy atom. The van der Waals surface area contributed by atoms with Gasteiger partial charge in [0, 0.05) is 65.6 Å². The number of hydrogen-bond acceptors (Lipinski definition) is 7. The molecule has 5 heterocycles. The Balaban J connectivity index is 1.21. The summed E-state index contributed by atoms with van der Waals surface area (Å²) in [6.07, 6.45) is 9.12. The second-order valence-corrected chi connectivity index (χ2v) is 11.3. The molecule has 2 aliphatic heterocycles. The quantitative estimate of drug-likeness (QED) is 0.331. The van der Waals surface area contributed by atoms with Crippen LogP contribution in [0.1, 0.15) is 31.4 Å². The van der Waals surface area contributed by atoms with Crippen LogP contribution in [0.2, 0.25) is 10.0 Å². The molecule has 0 amide bonds. The van der Waals surface area contributed by atoms with E-state index in [1.807, 2.05) is 37.5 Å². The Labute approximate surface area is 217 Å². The molecule has 1 aromatic carbocycles. The van der Waals surface area contributed by atoms with E-state index in [9.17, 15) is 0 Å². The number of halogens is 2. The fourth-order valence-electron chi connectivity index (χ4n) is 5.03. The van der Waals surface area contributed by atoms with E-state index in [2.05, 4.69) is 41.8 Å². The minimum absolute atomic E-state index is 0.351. The van der Waals surface area contributed by atoms with E-state index >= 15 is 0 Å². The lowest BCUT2D eigenvalue weighted by molar-refractivity contribution is 0.221. The number of H-pyrrole nitrogens is 1. The Morgan fingerprint density at radius 2 is 1.89 bits per heavy atom. The SMILES string of the molecule is C[C@@H](Oc1ccc2[nH]nc(-c3cnc(N4CC5(CCCSC5)C4)nc3)c2c1)c1c(Cl)cncc1Cl. The molecule has 180 valence electrons. The molecule has 35 heavy (non-hydrogen) atoms. The highest BCUT2D eigenvalue weighted by atomic mass is 35.5. The molecule has 2 saturated heterocycles. The van der Waals surface area contributed by atoms with Crippen LogP contribution in [0.5, 0.6) is 5.75 Å². The third-order valence-corrected chi connectivity index (χ3v) is 8.79. The van der Waals surface area contributed by atoms with Crippen molar-refractivity contribution in [1.29, 1.82) is 0 Å². The summed E-state index contributed by atoms with van der Waals surface area (Å²) in [6.45, 7) is 4.01. The summed E-state index contributed by atoms with van der Waals surface area (Å²) in [6, 6.07) is 5.80. The van der Waals surface area contributed by atoms with E-state index in [4.69, 9.17) is 27.9 Å². The molecular weight excluding hydrogens is 503 g/mol. The molecule has 4 aromatic rings. The maximum Gasteiger partial charge on any atom is 0.225 e. The molecule has 10 heteroatoms. The first kappa shape index (κ1) is 22.9. The summed E-state index contributed by atoms with van der Waals surface area (Å²) in [7, 11) is 0. The van der Waals surface area contributed by atoms with Gasteiger partial charge in [0.1, 0.15) is 17.5 Å². The summed E-state index contributed by atoms with van der Waals surface area (Å²) < 4.78 is 6.18. The third kappa shape index (κ3) is 4.32. The number of ether oxygens (including phenoxy) is 1. The molecule has 2 aliphatic rings. The maximum absolute atomic E-state index is 6.31. The Kier molecular flexibility index (Phi) is 5.98. The van der Waals surface area contributed by atoms with Crippen LogP contribution in [-0.2, 0) is 0 Å². The minimum atomic E-state index is -0.351. The first-order valence-corrected chi connectivity index (χ1v) is 13.5. The second-order valence-electron chi connectivity index (χ2n) is 9.34. The predicted molar refractivity (Wildman–Crippen MR) is 142 cm³/mol. The van der Waals surface area contributed by atoms with Crippen molar-refractivity contribution in [2.75, 3.05) is 29.5 Å². The van der Waals surface area contributed by atoms with Crippen LogP contribution in [0.4, 0.5) is 5.95 Å². The summed E-state index contributed by atoms with van der Waals surface area (Å²) >= 11 is 14.7. The molecule has 0 aliphatic carbocycles. The number of aromatic nitrogens is 5. The minimum Gasteiger partial charge on any atom is -0.486 e. The average molecular weight is 527 g/mol. The van der Waals surface area contributed by atoms with Crippen LogP contribution in [-0.4, -0.2) is 49.7 Å². The standard InChI is InChI=1S/C25H24Cl2N6OS/c1-15(22-19(26)10-28-11-20(22)27)34-17-3-4-21-18(7-17)23(32-31-21)16-8-29-24(30-9-16)33-12-25(13-33)5-2-6-35-14-25/h3-4,7-11,15H,2,5-6,12-14H2,1H3,(H,31,32)/t15-/m1/s1. The molecule has 0 bridgehead atoms. The van der Waals surface area contributed by atoms with Gasteiger partial charge in [0.25, 0.3) is 0 Å². The van der Waals surface area contributed by atoms with Crippen LogP contribution in [0, 0.1) is 5.41 Å². The molecule has 0 saturated carbocycles. The Hall–Kier alpha value is -2.55. The van der Waals surface area contributed by atoms with Gasteiger partial charge in [0.2, 0.25) is 5.95 Å².